The van der Waals surface area contributed by atoms with Crippen molar-refractivity contribution in [2.45, 2.75) is 6.18 Å². The lowest BCUT2D eigenvalue weighted by molar-refractivity contribution is -0.148. The molecule has 0 radical (unpaired) electrons. The molecule has 0 unspecified atom stereocenters. The second-order valence-corrected chi connectivity index (χ2v) is 6.26. The van der Waals surface area contributed by atoms with Gasteiger partial charge >= 0.3 is 12.2 Å². The Hall–Kier alpha value is -0.990. The average molecular weight is 401 g/mol. The largest absolute Gasteiger partial charge is 0.401 e. The summed E-state index contributed by atoms with van der Waals surface area (Å²) in [6.45, 7) is -0.0604. The van der Waals surface area contributed by atoms with Gasteiger partial charge in [-0.3, -0.25) is 4.90 Å². The highest BCUT2D eigenvalue weighted by atomic mass is 79.9. The van der Waals surface area contributed by atoms with Crippen molar-refractivity contribution in [1.82, 2.24) is 9.80 Å². The molecule has 0 bridgehead atoms. The standard InChI is InChI=1S/C13H14BrClF3N3O/c14-9-1-2-11(10(15)7-9)19-12(22)21-5-3-20(4-6-21)8-13(16,17)18/h1-2,7H,3-6,8H2,(H,19,22). The van der Waals surface area contributed by atoms with Crippen molar-refractivity contribution in [3.05, 3.63) is 27.7 Å². The molecule has 0 atom stereocenters. The normalized spacial score (nSPS) is 16.7. The van der Waals surface area contributed by atoms with E-state index in [1.54, 1.807) is 18.2 Å². The van der Waals surface area contributed by atoms with Crippen LogP contribution >= 0.6 is 27.5 Å². The molecule has 22 heavy (non-hydrogen) atoms. The van der Waals surface area contributed by atoms with Gasteiger partial charge in [0.05, 0.1) is 17.3 Å². The van der Waals surface area contributed by atoms with E-state index < -0.39 is 12.7 Å². The first-order valence-electron chi connectivity index (χ1n) is 6.55. The topological polar surface area (TPSA) is 35.6 Å². The number of rotatable bonds is 2. The summed E-state index contributed by atoms with van der Waals surface area (Å²) in [6, 6.07) is 4.68. The predicted molar refractivity (Wildman–Crippen MR) is 82.2 cm³/mol. The summed E-state index contributed by atoms with van der Waals surface area (Å²) in [5.41, 5.74) is 0.465. The average Bonchev–Trinajstić information content (AvgIpc) is 2.41. The summed E-state index contributed by atoms with van der Waals surface area (Å²) in [5.74, 6) is 0. The first kappa shape index (κ1) is 17.4. The van der Waals surface area contributed by atoms with Crippen LogP contribution in [0.5, 0.6) is 0 Å². The number of alkyl halides is 3. The van der Waals surface area contributed by atoms with Crippen LogP contribution in [0, 0.1) is 0 Å². The first-order chi connectivity index (χ1) is 10.2. The molecule has 0 aliphatic carbocycles. The molecule has 1 saturated heterocycles. The number of amides is 2. The first-order valence-corrected chi connectivity index (χ1v) is 7.72. The Morgan fingerprint density at radius 1 is 1.27 bits per heavy atom. The number of hydrogen-bond acceptors (Lipinski definition) is 2. The molecule has 1 heterocycles. The van der Waals surface area contributed by atoms with Crippen molar-refractivity contribution in [3.8, 4) is 0 Å². The second kappa shape index (κ2) is 7.06. The van der Waals surface area contributed by atoms with Gasteiger partial charge in [-0.05, 0) is 18.2 Å². The van der Waals surface area contributed by atoms with Crippen LogP contribution in [0.25, 0.3) is 0 Å². The van der Waals surface area contributed by atoms with Gasteiger partial charge in [-0.25, -0.2) is 4.79 Å². The second-order valence-electron chi connectivity index (χ2n) is 4.93. The third-order valence-corrected chi connectivity index (χ3v) is 4.04. The van der Waals surface area contributed by atoms with Gasteiger partial charge < -0.3 is 10.2 Å². The molecule has 1 aliphatic heterocycles. The summed E-state index contributed by atoms with van der Waals surface area (Å²) < 4.78 is 37.7. The fourth-order valence-electron chi connectivity index (χ4n) is 2.15. The van der Waals surface area contributed by atoms with Gasteiger partial charge in [-0.15, -0.1) is 0 Å². The number of carbonyl (C=O) groups excluding carboxylic acids is 1. The molecule has 0 saturated carbocycles. The highest BCUT2D eigenvalue weighted by Gasteiger charge is 2.32. The minimum Gasteiger partial charge on any atom is -0.322 e. The van der Waals surface area contributed by atoms with Crippen LogP contribution in [0.3, 0.4) is 0 Å². The van der Waals surface area contributed by atoms with Crippen molar-refractivity contribution in [1.29, 1.82) is 0 Å². The molecule has 1 fully saturated rings. The number of hydrogen-bond donors (Lipinski definition) is 1. The van der Waals surface area contributed by atoms with Crippen LogP contribution < -0.4 is 5.32 Å². The Kier molecular flexibility index (Phi) is 5.57. The van der Waals surface area contributed by atoms with Gasteiger partial charge in [0.25, 0.3) is 0 Å². The summed E-state index contributed by atoms with van der Waals surface area (Å²) in [4.78, 5) is 14.9. The van der Waals surface area contributed by atoms with Crippen molar-refractivity contribution < 1.29 is 18.0 Å². The Bertz CT molecular complexity index is 548. The van der Waals surface area contributed by atoms with Gasteiger partial charge in [-0.2, -0.15) is 13.2 Å². The molecule has 0 spiro atoms. The number of nitrogens with one attached hydrogen (secondary N) is 1. The fraction of sp³-hybridized carbons (Fsp3) is 0.462. The minimum atomic E-state index is -4.21. The molecule has 9 heteroatoms. The fourth-order valence-corrected chi connectivity index (χ4v) is 2.87. The molecule has 1 aliphatic rings. The van der Waals surface area contributed by atoms with E-state index in [0.29, 0.717) is 10.7 Å². The maximum atomic E-state index is 12.3. The van der Waals surface area contributed by atoms with E-state index >= 15 is 0 Å². The molecule has 1 aromatic carbocycles. The van der Waals surface area contributed by atoms with E-state index in [4.69, 9.17) is 11.6 Å². The highest BCUT2D eigenvalue weighted by molar-refractivity contribution is 9.10. The number of carbonyl (C=O) groups is 1. The Balaban J connectivity index is 1.87. The van der Waals surface area contributed by atoms with E-state index in [1.807, 2.05) is 0 Å². The molecular weight excluding hydrogens is 387 g/mol. The molecular formula is C13H14BrClF3N3O. The van der Waals surface area contributed by atoms with Crippen LogP contribution in [0.2, 0.25) is 5.02 Å². The molecule has 2 rings (SSSR count). The lowest BCUT2D eigenvalue weighted by Crippen LogP contribution is -2.51. The number of anilines is 1. The van der Waals surface area contributed by atoms with Gasteiger partial charge in [0.1, 0.15) is 0 Å². The summed E-state index contributed by atoms with van der Waals surface area (Å²) >= 11 is 9.28. The van der Waals surface area contributed by atoms with E-state index in [0.717, 1.165) is 4.47 Å². The van der Waals surface area contributed by atoms with Crippen molar-refractivity contribution in [2.24, 2.45) is 0 Å². The third kappa shape index (κ3) is 5.03. The van der Waals surface area contributed by atoms with E-state index in [-0.39, 0.29) is 32.2 Å². The van der Waals surface area contributed by atoms with Crippen LogP contribution in [-0.4, -0.2) is 54.7 Å². The quantitative estimate of drug-likeness (QED) is 0.819. The number of benzene rings is 1. The van der Waals surface area contributed by atoms with Crippen molar-refractivity contribution in [2.75, 3.05) is 38.0 Å². The van der Waals surface area contributed by atoms with E-state index in [9.17, 15) is 18.0 Å². The molecule has 4 nitrogen and oxygen atoms in total. The number of urea groups is 1. The number of halogens is 5. The zero-order valence-electron chi connectivity index (χ0n) is 11.5. The summed E-state index contributed by atoms with van der Waals surface area (Å²) in [5, 5.41) is 3.05. The van der Waals surface area contributed by atoms with Crippen molar-refractivity contribution >= 4 is 39.2 Å². The SMILES string of the molecule is O=C(Nc1ccc(Br)cc1Cl)N1CCN(CC(F)(F)F)CC1. The molecule has 0 aromatic heterocycles. The van der Waals surface area contributed by atoms with Gasteiger partial charge in [0.2, 0.25) is 0 Å². The summed E-state index contributed by atoms with van der Waals surface area (Å²) in [6.07, 6.45) is -4.21. The smallest absolute Gasteiger partial charge is 0.322 e. The van der Waals surface area contributed by atoms with Gasteiger partial charge in [0, 0.05) is 30.7 Å². The van der Waals surface area contributed by atoms with Crippen LogP contribution in [0.4, 0.5) is 23.7 Å². The number of piperazine rings is 1. The maximum absolute atomic E-state index is 12.3. The monoisotopic (exact) mass is 399 g/mol. The maximum Gasteiger partial charge on any atom is 0.401 e. The summed E-state index contributed by atoms with van der Waals surface area (Å²) in [7, 11) is 0. The van der Waals surface area contributed by atoms with Crippen LogP contribution in [0.1, 0.15) is 0 Å². The van der Waals surface area contributed by atoms with Crippen LogP contribution in [0.15, 0.2) is 22.7 Å². The Morgan fingerprint density at radius 3 is 2.45 bits per heavy atom. The lowest BCUT2D eigenvalue weighted by atomic mass is 10.3. The molecule has 1 aromatic rings. The Labute approximate surface area is 139 Å². The van der Waals surface area contributed by atoms with Crippen molar-refractivity contribution in [3.63, 3.8) is 0 Å². The molecule has 2 amide bonds. The molecule has 1 N–H and O–H groups in total. The molecule has 122 valence electrons. The zero-order chi connectivity index (χ0) is 16.3. The zero-order valence-corrected chi connectivity index (χ0v) is 13.8. The lowest BCUT2D eigenvalue weighted by Gasteiger charge is -2.34. The van der Waals surface area contributed by atoms with Gasteiger partial charge in [0.15, 0.2) is 0 Å². The van der Waals surface area contributed by atoms with E-state index in [1.165, 1.54) is 9.80 Å². The van der Waals surface area contributed by atoms with Gasteiger partial charge in [-0.1, -0.05) is 27.5 Å². The van der Waals surface area contributed by atoms with E-state index in [2.05, 4.69) is 21.2 Å². The highest BCUT2D eigenvalue weighted by Crippen LogP contribution is 2.26. The minimum absolute atomic E-state index is 0.195. The van der Waals surface area contributed by atoms with Crippen LogP contribution in [-0.2, 0) is 0 Å². The number of nitrogens with zero attached hydrogens (tertiary/aromatic N) is 2. The Morgan fingerprint density at radius 2 is 1.91 bits per heavy atom. The third-order valence-electron chi connectivity index (χ3n) is 3.24. The predicted octanol–water partition coefficient (Wildman–Crippen LogP) is 3.81.